The number of carbonyl (C=O) groups is 1. The maximum absolute atomic E-state index is 11.2. The molecule has 1 unspecified atom stereocenters. The van der Waals surface area contributed by atoms with E-state index in [4.69, 9.17) is 5.11 Å². The van der Waals surface area contributed by atoms with E-state index in [9.17, 15) is 4.79 Å². The molecule has 0 fully saturated rings. The van der Waals surface area contributed by atoms with Crippen LogP contribution in [-0.4, -0.2) is 17.1 Å². The molecule has 0 aliphatic carbocycles. The predicted molar refractivity (Wildman–Crippen MR) is 94.5 cm³/mol. The van der Waals surface area contributed by atoms with E-state index in [-0.39, 0.29) is 0 Å². The van der Waals surface area contributed by atoms with E-state index in [0.29, 0.717) is 13.0 Å². The monoisotopic (exact) mass is 311 g/mol. The van der Waals surface area contributed by atoms with Crippen molar-refractivity contribution >= 4 is 5.97 Å². The van der Waals surface area contributed by atoms with Gasteiger partial charge < -0.3 is 10.4 Å². The van der Waals surface area contributed by atoms with Crippen LogP contribution in [0, 0.1) is 13.8 Å². The molecule has 0 bridgehead atoms. The number of benzene rings is 2. The van der Waals surface area contributed by atoms with Crippen molar-refractivity contribution in [2.45, 2.75) is 46.2 Å². The first-order chi connectivity index (χ1) is 11.0. The van der Waals surface area contributed by atoms with Crippen LogP contribution in [-0.2, 0) is 11.3 Å². The van der Waals surface area contributed by atoms with E-state index in [2.05, 4.69) is 61.6 Å². The fraction of sp³-hybridized carbons (Fsp3) is 0.350. The fourth-order valence-electron chi connectivity index (χ4n) is 2.80. The third-order valence-corrected chi connectivity index (χ3v) is 3.94. The molecule has 1 atom stereocenters. The lowest BCUT2D eigenvalue weighted by Gasteiger charge is -2.13. The van der Waals surface area contributed by atoms with Crippen LogP contribution < -0.4 is 5.32 Å². The molecule has 2 N–H and O–H groups in total. The topological polar surface area (TPSA) is 49.3 Å². The Hall–Kier alpha value is -2.13. The van der Waals surface area contributed by atoms with Crippen molar-refractivity contribution in [1.29, 1.82) is 0 Å². The Bertz CT molecular complexity index is 642. The van der Waals surface area contributed by atoms with Crippen LogP contribution >= 0.6 is 0 Å². The molecular weight excluding hydrogens is 286 g/mol. The summed E-state index contributed by atoms with van der Waals surface area (Å²) >= 11 is 0. The van der Waals surface area contributed by atoms with Gasteiger partial charge in [-0.05, 0) is 37.0 Å². The van der Waals surface area contributed by atoms with Gasteiger partial charge in [-0.2, -0.15) is 0 Å². The molecule has 23 heavy (non-hydrogen) atoms. The number of hydrogen-bond acceptors (Lipinski definition) is 2. The second kappa shape index (κ2) is 7.93. The Morgan fingerprint density at radius 3 is 2.17 bits per heavy atom. The highest BCUT2D eigenvalue weighted by Crippen LogP contribution is 2.22. The zero-order chi connectivity index (χ0) is 16.8. The van der Waals surface area contributed by atoms with E-state index in [1.165, 1.54) is 22.3 Å². The van der Waals surface area contributed by atoms with Crippen LogP contribution in [0.5, 0.6) is 0 Å². The van der Waals surface area contributed by atoms with E-state index in [1.807, 2.05) is 6.92 Å². The number of aliphatic carboxylic acids is 1. The van der Waals surface area contributed by atoms with Crippen molar-refractivity contribution in [3.63, 3.8) is 0 Å². The van der Waals surface area contributed by atoms with Gasteiger partial charge in [0, 0.05) is 6.54 Å². The second-order valence-electron chi connectivity index (χ2n) is 6.13. The third kappa shape index (κ3) is 4.93. The van der Waals surface area contributed by atoms with Gasteiger partial charge in [-0.3, -0.25) is 4.79 Å². The van der Waals surface area contributed by atoms with E-state index in [0.717, 1.165) is 12.0 Å². The van der Waals surface area contributed by atoms with Gasteiger partial charge in [0.25, 0.3) is 0 Å². The Kier molecular flexibility index (Phi) is 5.94. The number of aryl methyl sites for hydroxylation is 2. The molecule has 3 heteroatoms. The molecular formula is C20H25NO2. The Labute approximate surface area is 138 Å². The molecule has 0 aliphatic rings. The molecule has 0 radical (unpaired) electrons. The molecule has 2 rings (SSSR count). The largest absolute Gasteiger partial charge is 0.480 e. The van der Waals surface area contributed by atoms with E-state index in [1.54, 1.807) is 0 Å². The first kappa shape index (κ1) is 17.2. The molecule has 0 heterocycles. The van der Waals surface area contributed by atoms with E-state index >= 15 is 0 Å². The third-order valence-electron chi connectivity index (χ3n) is 3.94. The van der Waals surface area contributed by atoms with Crippen molar-refractivity contribution < 1.29 is 9.90 Å². The molecule has 3 nitrogen and oxygen atoms in total. The first-order valence-corrected chi connectivity index (χ1v) is 8.13. The van der Waals surface area contributed by atoms with Crippen LogP contribution in [0.1, 0.15) is 36.5 Å². The quantitative estimate of drug-likeness (QED) is 0.801. The second-order valence-corrected chi connectivity index (χ2v) is 6.13. The maximum Gasteiger partial charge on any atom is 0.320 e. The molecule has 2 aromatic rings. The van der Waals surface area contributed by atoms with Crippen LogP contribution in [0.2, 0.25) is 0 Å². The van der Waals surface area contributed by atoms with Gasteiger partial charge >= 0.3 is 5.97 Å². The van der Waals surface area contributed by atoms with Crippen molar-refractivity contribution in [1.82, 2.24) is 5.32 Å². The van der Waals surface area contributed by atoms with Gasteiger partial charge in [0.1, 0.15) is 6.04 Å². The number of rotatable bonds is 7. The molecule has 0 aromatic heterocycles. The molecule has 0 amide bonds. The number of carboxylic acids is 1. The van der Waals surface area contributed by atoms with Gasteiger partial charge in [-0.15, -0.1) is 0 Å². The first-order valence-electron chi connectivity index (χ1n) is 8.13. The highest BCUT2D eigenvalue weighted by molar-refractivity contribution is 5.73. The Morgan fingerprint density at radius 2 is 1.65 bits per heavy atom. The summed E-state index contributed by atoms with van der Waals surface area (Å²) < 4.78 is 0. The predicted octanol–water partition coefficient (Wildman–Crippen LogP) is 4.31. The van der Waals surface area contributed by atoms with E-state index < -0.39 is 12.0 Å². The summed E-state index contributed by atoms with van der Waals surface area (Å²) in [6.07, 6.45) is 1.51. The maximum atomic E-state index is 11.2. The highest BCUT2D eigenvalue weighted by Gasteiger charge is 2.14. The molecule has 122 valence electrons. The number of hydrogen-bond donors (Lipinski definition) is 2. The normalized spacial score (nSPS) is 12.1. The zero-order valence-electron chi connectivity index (χ0n) is 14.1. The summed E-state index contributed by atoms with van der Waals surface area (Å²) in [7, 11) is 0. The molecule has 0 saturated carbocycles. The zero-order valence-corrected chi connectivity index (χ0v) is 14.1. The van der Waals surface area contributed by atoms with Gasteiger partial charge in [-0.1, -0.05) is 66.9 Å². The van der Waals surface area contributed by atoms with Crippen molar-refractivity contribution in [2.75, 3.05) is 0 Å². The summed E-state index contributed by atoms with van der Waals surface area (Å²) in [5, 5.41) is 12.3. The van der Waals surface area contributed by atoms with Crippen molar-refractivity contribution in [3.8, 4) is 11.1 Å². The lowest BCUT2D eigenvalue weighted by Crippen LogP contribution is -2.35. The van der Waals surface area contributed by atoms with Crippen LogP contribution in [0.4, 0.5) is 0 Å². The number of nitrogens with one attached hydrogen (secondary N) is 1. The summed E-state index contributed by atoms with van der Waals surface area (Å²) in [6, 6.07) is 14.4. The molecule has 0 saturated heterocycles. The SMILES string of the molecule is CCCC(NCc1ccc(-c2cc(C)cc(C)c2)cc1)C(=O)O. The molecule has 0 aliphatic heterocycles. The van der Waals surface area contributed by atoms with Crippen LogP contribution in [0.3, 0.4) is 0 Å². The van der Waals surface area contributed by atoms with Gasteiger partial charge in [0.05, 0.1) is 0 Å². The Morgan fingerprint density at radius 1 is 1.04 bits per heavy atom. The summed E-state index contributed by atoms with van der Waals surface area (Å²) in [4.78, 5) is 11.2. The smallest absolute Gasteiger partial charge is 0.320 e. The van der Waals surface area contributed by atoms with Crippen LogP contribution in [0.15, 0.2) is 42.5 Å². The number of carboxylic acid groups (broad SMARTS) is 1. The standard InChI is InChI=1S/C20H25NO2/c1-4-5-19(20(22)23)21-13-16-6-8-17(9-7-16)18-11-14(2)10-15(3)12-18/h6-12,19,21H,4-5,13H2,1-3H3,(H,22,23). The average Bonchev–Trinajstić information content (AvgIpc) is 2.50. The summed E-state index contributed by atoms with van der Waals surface area (Å²) in [5.41, 5.74) is 6.02. The molecule has 0 spiro atoms. The highest BCUT2D eigenvalue weighted by atomic mass is 16.4. The average molecular weight is 311 g/mol. The Balaban J connectivity index is 2.06. The molecule has 2 aromatic carbocycles. The lowest BCUT2D eigenvalue weighted by molar-refractivity contribution is -0.139. The minimum atomic E-state index is -0.779. The minimum absolute atomic E-state index is 0.473. The minimum Gasteiger partial charge on any atom is -0.480 e. The van der Waals surface area contributed by atoms with Gasteiger partial charge in [0.15, 0.2) is 0 Å². The van der Waals surface area contributed by atoms with Gasteiger partial charge in [0.2, 0.25) is 0 Å². The lowest BCUT2D eigenvalue weighted by atomic mass is 10.00. The fourth-order valence-corrected chi connectivity index (χ4v) is 2.80. The summed E-state index contributed by atoms with van der Waals surface area (Å²) in [6.45, 7) is 6.78. The van der Waals surface area contributed by atoms with Crippen molar-refractivity contribution in [2.24, 2.45) is 0 Å². The van der Waals surface area contributed by atoms with Gasteiger partial charge in [-0.25, -0.2) is 0 Å². The van der Waals surface area contributed by atoms with Crippen LogP contribution in [0.25, 0.3) is 11.1 Å². The van der Waals surface area contributed by atoms with Crippen molar-refractivity contribution in [3.05, 3.63) is 59.2 Å². The summed E-state index contributed by atoms with van der Waals surface area (Å²) in [5.74, 6) is -0.779.